The van der Waals surface area contributed by atoms with Crippen LogP contribution in [0.15, 0.2) is 18.2 Å². The summed E-state index contributed by atoms with van der Waals surface area (Å²) in [4.78, 5) is 2.10. The second-order valence-corrected chi connectivity index (χ2v) is 4.83. The van der Waals surface area contributed by atoms with E-state index in [9.17, 15) is 13.2 Å². The van der Waals surface area contributed by atoms with Crippen LogP contribution in [0.2, 0.25) is 0 Å². The normalized spacial score (nSPS) is 17.0. The topological polar surface area (TPSA) is 47.7 Å². The molecular weight excluding hydrogens is 285 g/mol. The molecular formula is C14H19F3N2O2. The first-order valence-electron chi connectivity index (χ1n) is 6.84. The summed E-state index contributed by atoms with van der Waals surface area (Å²) in [6, 6.07) is 3.94. The summed E-state index contributed by atoms with van der Waals surface area (Å²) in [5, 5.41) is 0. The zero-order chi connectivity index (χ0) is 15.3. The smallest absolute Gasteiger partial charge is 0.419 e. The van der Waals surface area contributed by atoms with Crippen LogP contribution >= 0.6 is 0 Å². The number of hydrogen-bond donors (Lipinski definition) is 1. The summed E-state index contributed by atoms with van der Waals surface area (Å²) in [5.74, 6) is -0.145. The summed E-state index contributed by atoms with van der Waals surface area (Å²) in [7, 11) is 0. The second-order valence-electron chi connectivity index (χ2n) is 4.83. The van der Waals surface area contributed by atoms with E-state index in [4.69, 9.17) is 15.2 Å². The molecule has 7 heteroatoms. The molecule has 0 radical (unpaired) electrons. The molecule has 1 saturated heterocycles. The maximum atomic E-state index is 13.0. The van der Waals surface area contributed by atoms with Crippen molar-refractivity contribution >= 4 is 0 Å². The number of alkyl halides is 3. The Morgan fingerprint density at radius 2 is 1.95 bits per heavy atom. The third-order valence-electron chi connectivity index (χ3n) is 3.35. The van der Waals surface area contributed by atoms with E-state index in [0.717, 1.165) is 19.2 Å². The molecule has 0 atom stereocenters. The van der Waals surface area contributed by atoms with Crippen molar-refractivity contribution in [2.75, 3.05) is 39.5 Å². The third-order valence-corrected chi connectivity index (χ3v) is 3.35. The lowest BCUT2D eigenvalue weighted by atomic mass is 10.1. The molecule has 0 amide bonds. The van der Waals surface area contributed by atoms with E-state index in [-0.39, 0.29) is 18.9 Å². The van der Waals surface area contributed by atoms with E-state index in [0.29, 0.717) is 25.3 Å². The van der Waals surface area contributed by atoms with Crippen molar-refractivity contribution < 1.29 is 22.6 Å². The van der Waals surface area contributed by atoms with Gasteiger partial charge in [0.2, 0.25) is 0 Å². The van der Waals surface area contributed by atoms with E-state index in [1.807, 2.05) is 0 Å². The van der Waals surface area contributed by atoms with Crippen LogP contribution in [0, 0.1) is 0 Å². The van der Waals surface area contributed by atoms with Crippen molar-refractivity contribution in [2.45, 2.75) is 12.7 Å². The zero-order valence-corrected chi connectivity index (χ0v) is 11.7. The lowest BCUT2D eigenvalue weighted by Crippen LogP contribution is -2.38. The highest BCUT2D eigenvalue weighted by atomic mass is 19.4. The maximum Gasteiger partial charge on any atom is 0.419 e. The quantitative estimate of drug-likeness (QED) is 0.902. The average Bonchev–Trinajstić information content (AvgIpc) is 2.47. The minimum absolute atomic E-state index is 0.0666. The van der Waals surface area contributed by atoms with E-state index in [2.05, 4.69) is 4.90 Å². The van der Waals surface area contributed by atoms with Gasteiger partial charge in [0.05, 0.1) is 18.8 Å². The van der Waals surface area contributed by atoms with Crippen molar-refractivity contribution in [1.29, 1.82) is 0 Å². The molecule has 1 aliphatic heterocycles. The van der Waals surface area contributed by atoms with Gasteiger partial charge in [0, 0.05) is 26.2 Å². The van der Waals surface area contributed by atoms with E-state index in [1.54, 1.807) is 6.07 Å². The van der Waals surface area contributed by atoms with Crippen LogP contribution in [-0.4, -0.2) is 44.4 Å². The molecule has 1 aliphatic rings. The molecule has 0 saturated carbocycles. The Hall–Kier alpha value is -1.31. The Labute approximate surface area is 121 Å². The molecule has 1 fully saturated rings. The highest BCUT2D eigenvalue weighted by molar-refractivity contribution is 5.39. The van der Waals surface area contributed by atoms with Crippen LogP contribution in [-0.2, 0) is 17.5 Å². The third kappa shape index (κ3) is 4.59. The van der Waals surface area contributed by atoms with E-state index in [1.165, 1.54) is 6.07 Å². The number of benzene rings is 1. The monoisotopic (exact) mass is 304 g/mol. The molecule has 0 aromatic heterocycles. The summed E-state index contributed by atoms with van der Waals surface area (Å²) in [6.07, 6.45) is -4.44. The minimum Gasteiger partial charge on any atom is -0.492 e. The summed E-state index contributed by atoms with van der Waals surface area (Å²) >= 11 is 0. The number of hydrogen-bond acceptors (Lipinski definition) is 4. The fourth-order valence-electron chi connectivity index (χ4n) is 2.16. The molecule has 118 valence electrons. The van der Waals surface area contributed by atoms with Crippen molar-refractivity contribution in [2.24, 2.45) is 5.73 Å². The van der Waals surface area contributed by atoms with Crippen molar-refractivity contribution in [1.82, 2.24) is 4.90 Å². The number of rotatable bonds is 5. The van der Waals surface area contributed by atoms with Crippen LogP contribution in [0.1, 0.15) is 11.1 Å². The Kier molecular flexibility index (Phi) is 5.44. The van der Waals surface area contributed by atoms with E-state index >= 15 is 0 Å². The number of halogens is 3. The first-order valence-corrected chi connectivity index (χ1v) is 6.84. The first kappa shape index (κ1) is 16.1. The summed E-state index contributed by atoms with van der Waals surface area (Å²) in [5.41, 5.74) is 5.05. The van der Waals surface area contributed by atoms with Gasteiger partial charge in [-0.2, -0.15) is 13.2 Å². The second kappa shape index (κ2) is 7.11. The van der Waals surface area contributed by atoms with Crippen LogP contribution in [0.3, 0.4) is 0 Å². The number of morpholine rings is 1. The van der Waals surface area contributed by atoms with Gasteiger partial charge < -0.3 is 15.2 Å². The zero-order valence-electron chi connectivity index (χ0n) is 11.7. The standard InChI is InChI=1S/C14H19F3N2O2/c15-14(16,17)12-9-11(10-18)1-2-13(12)21-8-5-19-3-6-20-7-4-19/h1-2,9H,3-8,10,18H2. The molecule has 0 spiro atoms. The molecule has 4 nitrogen and oxygen atoms in total. The molecule has 1 aromatic carbocycles. The Balaban J connectivity index is 1.98. The van der Waals surface area contributed by atoms with Crippen molar-refractivity contribution in [3.63, 3.8) is 0 Å². The van der Waals surface area contributed by atoms with Gasteiger partial charge >= 0.3 is 6.18 Å². The first-order chi connectivity index (χ1) is 10.0. The van der Waals surface area contributed by atoms with Gasteiger partial charge in [-0.05, 0) is 17.7 Å². The fraction of sp³-hybridized carbons (Fsp3) is 0.571. The van der Waals surface area contributed by atoms with Gasteiger partial charge in [-0.15, -0.1) is 0 Å². The predicted molar refractivity (Wildman–Crippen MR) is 72.1 cm³/mol. The lowest BCUT2D eigenvalue weighted by Gasteiger charge is -2.26. The largest absolute Gasteiger partial charge is 0.492 e. The van der Waals surface area contributed by atoms with Gasteiger partial charge in [0.15, 0.2) is 0 Å². The van der Waals surface area contributed by atoms with Crippen LogP contribution < -0.4 is 10.5 Å². The Bertz CT molecular complexity index is 460. The minimum atomic E-state index is -4.44. The molecule has 0 bridgehead atoms. The lowest BCUT2D eigenvalue weighted by molar-refractivity contribution is -0.139. The molecule has 0 unspecified atom stereocenters. The predicted octanol–water partition coefficient (Wildman–Crippen LogP) is 1.88. The van der Waals surface area contributed by atoms with Gasteiger partial charge in [-0.3, -0.25) is 4.90 Å². The molecule has 21 heavy (non-hydrogen) atoms. The molecule has 1 heterocycles. The van der Waals surface area contributed by atoms with Crippen LogP contribution in [0.4, 0.5) is 13.2 Å². The highest BCUT2D eigenvalue weighted by Gasteiger charge is 2.34. The number of nitrogens with two attached hydrogens (primary N) is 1. The van der Waals surface area contributed by atoms with E-state index < -0.39 is 11.7 Å². The highest BCUT2D eigenvalue weighted by Crippen LogP contribution is 2.36. The average molecular weight is 304 g/mol. The number of nitrogens with zero attached hydrogens (tertiary/aromatic N) is 1. The number of ether oxygens (including phenoxy) is 2. The Morgan fingerprint density at radius 3 is 2.57 bits per heavy atom. The summed E-state index contributed by atoms with van der Waals surface area (Å²) < 4.78 is 49.5. The van der Waals surface area contributed by atoms with Crippen LogP contribution in [0.25, 0.3) is 0 Å². The van der Waals surface area contributed by atoms with Gasteiger partial charge in [0.25, 0.3) is 0 Å². The van der Waals surface area contributed by atoms with Gasteiger partial charge in [-0.25, -0.2) is 0 Å². The summed E-state index contributed by atoms with van der Waals surface area (Å²) in [6.45, 7) is 3.72. The maximum absolute atomic E-state index is 13.0. The van der Waals surface area contributed by atoms with Gasteiger partial charge in [0.1, 0.15) is 12.4 Å². The Morgan fingerprint density at radius 1 is 1.24 bits per heavy atom. The SMILES string of the molecule is NCc1ccc(OCCN2CCOCC2)c(C(F)(F)F)c1. The fourth-order valence-corrected chi connectivity index (χ4v) is 2.16. The van der Waals surface area contributed by atoms with Crippen LogP contribution in [0.5, 0.6) is 5.75 Å². The molecule has 2 N–H and O–H groups in total. The molecule has 1 aromatic rings. The van der Waals surface area contributed by atoms with Gasteiger partial charge in [-0.1, -0.05) is 6.07 Å². The van der Waals surface area contributed by atoms with Crippen molar-refractivity contribution in [3.8, 4) is 5.75 Å². The van der Waals surface area contributed by atoms with Crippen molar-refractivity contribution in [3.05, 3.63) is 29.3 Å². The molecule has 2 rings (SSSR count). The molecule has 0 aliphatic carbocycles.